The van der Waals surface area contributed by atoms with Gasteiger partial charge in [0.2, 0.25) is 0 Å². The van der Waals surface area contributed by atoms with Crippen molar-refractivity contribution in [1.29, 1.82) is 0 Å². The van der Waals surface area contributed by atoms with E-state index in [-0.39, 0.29) is 99.5 Å². The number of halogens is 2. The molecule has 32 nitrogen and oxygen atoms in total. The Kier molecular flexibility index (Phi) is 45.6. The molecule has 0 radical (unpaired) electrons. The number of aromatic carboxylic acids is 1. The van der Waals surface area contributed by atoms with Crippen molar-refractivity contribution in [2.24, 2.45) is 5.41 Å². The van der Waals surface area contributed by atoms with Gasteiger partial charge in [0, 0.05) is 168 Å². The van der Waals surface area contributed by atoms with Crippen LogP contribution in [0, 0.1) is 53.9 Å². The molecule has 2 bridgehead atoms. The molecule has 660 valence electrons. The SMILES string of the molecule is CC12CCC(c3c1n[n-]c3-c1nccc3ccccc13)C2(C)C.Cc1cc(-c2ccccn2)[n-]n1.Cc1cc(-c2ccccn2)[n-]n1.Cc1cc(-c2ccccn2)[n-]n1.Cc1cc(-c2ccccn2)[n-]n1.Cc1cc(-c2cnccn2)[n-]n1.Cc1cc(-c2cnccn2)[n-]n1.Cc1n[n-]c(-c2ccccn2)n1.O=C(O)c1ccccn1.[CH-]=O.[CH-]=O.[Cl][Pt][Cl].[Os+4].[Pt+2].[Pt+2].[Pt]. The van der Waals surface area contributed by atoms with Crippen LogP contribution in [0.3, 0.4) is 0 Å². The summed E-state index contributed by atoms with van der Waals surface area (Å²) in [5.74, 6) is 0.827. The number of nitrogens with zero attached hydrogens (tertiary/aromatic N) is 28. The molecule has 0 saturated heterocycles. The van der Waals surface area contributed by atoms with Crippen LogP contribution in [-0.2, 0) is 114 Å². The summed E-state index contributed by atoms with van der Waals surface area (Å²) in [7, 11) is 9.75. The number of fused-ring (bicyclic) bond motifs is 6. The normalized spacial score (nSPS) is 12.5. The molecule has 2 atom stereocenters. The quantitative estimate of drug-likeness (QED) is 0.104. The minimum atomic E-state index is -0.990. The Morgan fingerprint density at radius 2 is 0.756 bits per heavy atom. The van der Waals surface area contributed by atoms with Crippen LogP contribution in [0.4, 0.5) is 0 Å². The first kappa shape index (κ1) is 106. The predicted molar refractivity (Wildman–Crippen MR) is 460 cm³/mol. The van der Waals surface area contributed by atoms with Gasteiger partial charge in [-0.05, 0) is 168 Å². The monoisotopic (exact) mass is 2630 g/mol. The van der Waals surface area contributed by atoms with Gasteiger partial charge < -0.3 is 96.2 Å². The van der Waals surface area contributed by atoms with Gasteiger partial charge in [-0.1, -0.05) is 158 Å². The summed E-state index contributed by atoms with van der Waals surface area (Å²) in [5, 5.41) is 74.7. The molecule has 17 heterocycles. The summed E-state index contributed by atoms with van der Waals surface area (Å²) >= 11 is -0.472. The number of rotatable bonds is 9. The van der Waals surface area contributed by atoms with Crippen molar-refractivity contribution < 1.29 is 119 Å². The maximum Gasteiger partial charge on any atom is 4.00 e. The van der Waals surface area contributed by atoms with Gasteiger partial charge in [-0.2, -0.15) is 0 Å². The molecular formula is C88H80Cl2N28O4OsPt4-2. The summed E-state index contributed by atoms with van der Waals surface area (Å²) in [6, 6.07) is 55.2. The standard InChI is InChI=1S/C20H20N3.4C9H8N3.3C8H7N4.C6H5NO2.2CHO.2ClH.Os.4Pt/c1-19(2)14-8-10-20(19,3)18-15(14)17(22-23-18)16-13-7-5-4-6-12(13)9-11-21-16;4*1-7-6-9(12-11-7)8-4-2-3-5-10-8;2*1-6-4-7(12-11-6)8-5-9-2-3-10-8;1-6-10-8(12-11-6)7-4-2-3-5-9-7;8-6(9)5-3-1-2-4-7-5;2*1-2;;;;;;;/h4-7,9,11,14H,8,10H2,1-3H3;4*2-6H,1H3;3*2-5H,1H3;1-4H,(H,8,9);2*1H;2*1H;;;;;/q8*-1;;2*-1;;;+4;;3*+2/p-2. The van der Waals surface area contributed by atoms with Crippen molar-refractivity contribution in [2.75, 3.05) is 0 Å². The number of carbonyl (C=O) groups excluding carboxylic acids is 2. The van der Waals surface area contributed by atoms with Crippen LogP contribution in [0.1, 0.15) is 101 Å². The van der Waals surface area contributed by atoms with E-state index in [1.165, 1.54) is 47.1 Å². The third kappa shape index (κ3) is 30.7. The fraction of sp³-hybridized carbons (Fsp3) is 0.170. The van der Waals surface area contributed by atoms with Crippen LogP contribution in [-0.4, -0.2) is 125 Å². The van der Waals surface area contributed by atoms with Crippen LogP contribution < -0.4 is 40.8 Å². The van der Waals surface area contributed by atoms with E-state index in [0.29, 0.717) is 17.6 Å². The molecule has 1 N–H and O–H groups in total. The number of hydrogen-bond acceptors (Lipinski definition) is 23. The van der Waals surface area contributed by atoms with Gasteiger partial charge in [-0.15, -0.1) is 0 Å². The zero-order chi connectivity index (χ0) is 87.9. The Balaban J connectivity index is 0.000000253. The molecule has 127 heavy (non-hydrogen) atoms. The van der Waals surface area contributed by atoms with Crippen molar-refractivity contribution in [3.63, 3.8) is 0 Å². The number of carboxylic acids is 1. The number of aromatic nitrogens is 28. The summed E-state index contributed by atoms with van der Waals surface area (Å²) < 4.78 is 0. The van der Waals surface area contributed by atoms with Crippen LogP contribution in [0.15, 0.2) is 256 Å². The Bertz CT molecular complexity index is 5360. The summed E-state index contributed by atoms with van der Waals surface area (Å²) in [5.41, 5.74) is 21.3. The third-order valence-corrected chi connectivity index (χ3v) is 18.4. The third-order valence-electron chi connectivity index (χ3n) is 18.4. The fourth-order valence-corrected chi connectivity index (χ4v) is 12.4. The molecule has 0 aliphatic heterocycles. The number of benzene rings is 1. The van der Waals surface area contributed by atoms with E-state index in [4.69, 9.17) is 33.5 Å². The van der Waals surface area contributed by atoms with Gasteiger partial charge in [0.15, 0.2) is 0 Å². The van der Waals surface area contributed by atoms with E-state index < -0.39 is 22.5 Å². The molecule has 39 heteroatoms. The van der Waals surface area contributed by atoms with Crippen LogP contribution in [0.5, 0.6) is 0 Å². The Morgan fingerprint density at radius 3 is 1.06 bits per heavy atom. The van der Waals surface area contributed by atoms with E-state index in [0.717, 1.165) is 120 Å². The first-order valence-corrected chi connectivity index (χ1v) is 43.0. The average molecular weight is 2640 g/mol. The molecule has 1 fully saturated rings. The first-order valence-electron chi connectivity index (χ1n) is 37.4. The molecule has 2 aliphatic rings. The molecule has 1 saturated carbocycles. The zero-order valence-corrected chi connectivity index (χ0v) is 82.6. The van der Waals surface area contributed by atoms with E-state index >= 15 is 0 Å². The van der Waals surface area contributed by atoms with E-state index in [9.17, 15) is 4.79 Å². The predicted octanol–water partition coefficient (Wildman–Crippen LogP) is 14.1. The summed E-state index contributed by atoms with van der Waals surface area (Å²) in [6.45, 7) is 26.9. The fourth-order valence-electron chi connectivity index (χ4n) is 12.4. The smallest absolute Gasteiger partial charge is 0 e. The Morgan fingerprint density at radius 1 is 0.409 bits per heavy atom. The number of pyridine rings is 7. The zero-order valence-electron chi connectivity index (χ0n) is 69.5. The molecule has 17 aromatic heterocycles. The van der Waals surface area contributed by atoms with Crippen LogP contribution in [0.25, 0.3) is 102 Å². The molecule has 18 aromatic rings. The average Bonchev–Trinajstić information content (AvgIpc) is 1.52. The van der Waals surface area contributed by atoms with Crippen molar-refractivity contribution in [3.05, 3.63) is 313 Å². The van der Waals surface area contributed by atoms with Crippen molar-refractivity contribution in [2.45, 2.75) is 93.4 Å². The molecule has 2 unspecified atom stereocenters. The number of hydrogen-bond donors (Lipinski definition) is 1. The van der Waals surface area contributed by atoms with Crippen LogP contribution in [0.2, 0.25) is 0 Å². The van der Waals surface area contributed by atoms with Crippen LogP contribution >= 0.6 is 18.8 Å². The molecule has 0 amide bonds. The van der Waals surface area contributed by atoms with Gasteiger partial charge in [0.05, 0.1) is 35.2 Å². The molecule has 1 aromatic carbocycles. The summed E-state index contributed by atoms with van der Waals surface area (Å²) in [4.78, 5) is 74.8. The second-order valence-corrected chi connectivity index (χ2v) is 30.3. The van der Waals surface area contributed by atoms with E-state index in [2.05, 4.69) is 206 Å². The van der Waals surface area contributed by atoms with Gasteiger partial charge in [-0.25, -0.2) is 9.78 Å². The number of aryl methyl sites for hydroxylation is 7. The van der Waals surface area contributed by atoms with Gasteiger partial charge in [0.25, 0.3) is 0 Å². The Hall–Kier alpha value is -11.9. The molecule has 20 rings (SSSR count). The maximum atomic E-state index is 10.1. The molecular weight excluding hydrogens is 2550 g/mol. The maximum absolute atomic E-state index is 10.1. The van der Waals surface area contributed by atoms with Gasteiger partial charge in [0.1, 0.15) is 5.69 Å². The number of carbonyl (C=O) groups is 1. The largest absolute Gasteiger partial charge is 4.00 e. The minimum absolute atomic E-state index is 0. The van der Waals surface area contributed by atoms with E-state index in [1.54, 1.807) is 87.2 Å². The minimum Gasteiger partial charge on any atom is 0 e. The van der Waals surface area contributed by atoms with Gasteiger partial charge in [-0.3, -0.25) is 68.5 Å². The van der Waals surface area contributed by atoms with E-state index in [1.807, 2.05) is 175 Å². The van der Waals surface area contributed by atoms with Crippen molar-refractivity contribution >= 4 is 49.2 Å². The molecule has 2 aliphatic carbocycles. The molecule has 0 spiro atoms. The summed E-state index contributed by atoms with van der Waals surface area (Å²) in [6.07, 6.45) is 24.4. The Labute approximate surface area is 805 Å². The second-order valence-electron chi connectivity index (χ2n) is 27.1. The van der Waals surface area contributed by atoms with Gasteiger partial charge >= 0.3 is 103 Å². The van der Waals surface area contributed by atoms with Crippen molar-refractivity contribution in [3.8, 4) is 91.2 Å². The second kappa shape index (κ2) is 54.9. The topological polar surface area (TPSA) is 442 Å². The number of carboxylic acid groups (broad SMARTS) is 1. The van der Waals surface area contributed by atoms with Crippen molar-refractivity contribution in [1.82, 2.24) is 141 Å². The first-order chi connectivity index (χ1) is 59.8.